The van der Waals surface area contributed by atoms with Crippen molar-refractivity contribution in [2.75, 3.05) is 24.5 Å². The molecule has 0 saturated carbocycles. The summed E-state index contributed by atoms with van der Waals surface area (Å²) in [6.07, 6.45) is -6.94. The van der Waals surface area contributed by atoms with Crippen LogP contribution in [-0.2, 0) is 0 Å². The summed E-state index contributed by atoms with van der Waals surface area (Å²) in [6.45, 7) is 2.27. The highest BCUT2D eigenvalue weighted by molar-refractivity contribution is 7.16. The number of hydrogen-bond donors (Lipinski definition) is 2. The topological polar surface area (TPSA) is 76.9 Å². The third-order valence-corrected chi connectivity index (χ3v) is 4.49. The maximum atomic E-state index is 12.2. The van der Waals surface area contributed by atoms with Crippen LogP contribution in [0, 0.1) is 6.92 Å². The molecule has 1 aromatic rings. The van der Waals surface area contributed by atoms with E-state index in [0.29, 0.717) is 23.9 Å². The largest absolute Gasteiger partial charge is 0.389 e. The number of aryl methyl sites for hydroxylation is 1. The molecule has 0 aromatic carbocycles. The van der Waals surface area contributed by atoms with Gasteiger partial charge in [0.2, 0.25) is 0 Å². The number of hydrogen-bond acceptors (Lipinski definition) is 5. The van der Waals surface area contributed by atoms with E-state index in [4.69, 9.17) is 0 Å². The number of halogens is 3. The number of anilines is 1. The summed E-state index contributed by atoms with van der Waals surface area (Å²) >= 11 is 0.986. The number of nitrogens with zero attached hydrogens (tertiary/aromatic N) is 3. The van der Waals surface area contributed by atoms with Gasteiger partial charge in [-0.2, -0.15) is 13.2 Å². The van der Waals surface area contributed by atoms with Crippen LogP contribution in [0.4, 0.5) is 23.1 Å². The van der Waals surface area contributed by atoms with E-state index in [2.05, 4.69) is 4.98 Å². The van der Waals surface area contributed by atoms with E-state index in [1.165, 1.54) is 9.80 Å². The molecule has 6 nitrogen and oxygen atoms in total. The third kappa shape index (κ3) is 3.87. The minimum absolute atomic E-state index is 0.0364. The Bertz CT molecular complexity index is 547. The molecular weight excluding hydrogens is 323 g/mol. The molecule has 0 bridgehead atoms. The van der Waals surface area contributed by atoms with Gasteiger partial charge in [-0.05, 0) is 13.3 Å². The molecule has 0 atom stereocenters. The van der Waals surface area contributed by atoms with Gasteiger partial charge in [0.15, 0.2) is 11.4 Å². The normalized spacial score (nSPS) is 16.2. The number of alkyl halides is 3. The fourth-order valence-electron chi connectivity index (χ4n) is 2.19. The Kier molecular flexibility index (Phi) is 4.93. The molecule has 2 heterocycles. The standard InChI is InChI=1S/C12H16F3N3O3S/c1-7-8(9(19)20)22-10(16-7)18-6-5-17(11(18)21)4-2-3-12(13,14)15/h9,19-20H,2-6H2,1H3. The van der Waals surface area contributed by atoms with Gasteiger partial charge in [-0.15, -0.1) is 0 Å². The molecule has 0 radical (unpaired) electrons. The molecular formula is C12H16F3N3O3S. The molecule has 1 saturated heterocycles. The van der Waals surface area contributed by atoms with Gasteiger partial charge in [0.05, 0.1) is 10.6 Å². The number of thiazole rings is 1. The van der Waals surface area contributed by atoms with Gasteiger partial charge in [-0.1, -0.05) is 11.3 Å². The van der Waals surface area contributed by atoms with E-state index in [0.717, 1.165) is 11.3 Å². The van der Waals surface area contributed by atoms with Crippen LogP contribution in [0.15, 0.2) is 0 Å². The number of aromatic nitrogens is 1. The van der Waals surface area contributed by atoms with E-state index in [-0.39, 0.29) is 17.8 Å². The number of carbonyl (C=O) groups excluding carboxylic acids is 1. The highest BCUT2D eigenvalue weighted by atomic mass is 32.1. The summed E-state index contributed by atoms with van der Waals surface area (Å²) in [5.74, 6) is 0. The minimum atomic E-state index is -4.22. The SMILES string of the molecule is Cc1nc(N2CCN(CCCC(F)(F)F)C2=O)sc1C(O)O. The van der Waals surface area contributed by atoms with Crippen LogP contribution in [0.25, 0.3) is 0 Å². The lowest BCUT2D eigenvalue weighted by Gasteiger charge is -2.17. The second-order valence-corrected chi connectivity index (χ2v) is 5.97. The second-order valence-electron chi connectivity index (χ2n) is 4.96. The number of aliphatic hydroxyl groups is 2. The highest BCUT2D eigenvalue weighted by Crippen LogP contribution is 2.32. The molecule has 2 amide bonds. The lowest BCUT2D eigenvalue weighted by molar-refractivity contribution is -0.135. The molecule has 1 aliphatic rings. The second kappa shape index (κ2) is 6.39. The molecule has 124 valence electrons. The summed E-state index contributed by atoms with van der Waals surface area (Å²) in [4.78, 5) is 19.2. The van der Waals surface area contributed by atoms with Crippen LogP contribution >= 0.6 is 11.3 Å². The lowest BCUT2D eigenvalue weighted by atomic mass is 10.3. The van der Waals surface area contributed by atoms with Crippen LogP contribution in [-0.4, -0.2) is 51.9 Å². The van der Waals surface area contributed by atoms with Crippen molar-refractivity contribution in [3.8, 4) is 0 Å². The zero-order valence-electron chi connectivity index (χ0n) is 11.8. The fourth-order valence-corrected chi connectivity index (χ4v) is 3.14. The average Bonchev–Trinajstić information content (AvgIpc) is 2.92. The number of amides is 2. The van der Waals surface area contributed by atoms with Crippen LogP contribution < -0.4 is 4.90 Å². The molecule has 0 spiro atoms. The van der Waals surface area contributed by atoms with Crippen molar-refractivity contribution >= 4 is 22.5 Å². The first-order chi connectivity index (χ1) is 10.2. The maximum absolute atomic E-state index is 12.2. The molecule has 1 aromatic heterocycles. The Hall–Kier alpha value is -1.39. The van der Waals surface area contributed by atoms with Crippen molar-refractivity contribution < 1.29 is 28.2 Å². The Morgan fingerprint density at radius 1 is 1.36 bits per heavy atom. The maximum Gasteiger partial charge on any atom is 0.389 e. The van der Waals surface area contributed by atoms with Gasteiger partial charge < -0.3 is 15.1 Å². The Morgan fingerprint density at radius 3 is 2.59 bits per heavy atom. The molecule has 1 aliphatic heterocycles. The number of aliphatic hydroxyl groups excluding tert-OH is 1. The van der Waals surface area contributed by atoms with Crippen molar-refractivity contribution in [3.05, 3.63) is 10.6 Å². The average molecular weight is 339 g/mol. The summed E-state index contributed by atoms with van der Waals surface area (Å²) in [6, 6.07) is -0.407. The van der Waals surface area contributed by atoms with Crippen LogP contribution in [0.3, 0.4) is 0 Å². The van der Waals surface area contributed by atoms with E-state index in [1.807, 2.05) is 0 Å². The monoisotopic (exact) mass is 339 g/mol. The molecule has 2 rings (SSSR count). The van der Waals surface area contributed by atoms with Crippen LogP contribution in [0.2, 0.25) is 0 Å². The summed E-state index contributed by atoms with van der Waals surface area (Å²) in [5.41, 5.74) is 0.415. The Labute approximate surface area is 128 Å². The van der Waals surface area contributed by atoms with Gasteiger partial charge in [-0.3, -0.25) is 4.90 Å². The van der Waals surface area contributed by atoms with Crippen molar-refractivity contribution in [3.63, 3.8) is 0 Å². The fraction of sp³-hybridized carbons (Fsp3) is 0.667. The first-order valence-corrected chi connectivity index (χ1v) is 7.47. The minimum Gasteiger partial charge on any atom is -0.364 e. The molecule has 0 unspecified atom stereocenters. The molecule has 1 fully saturated rings. The molecule has 0 aliphatic carbocycles. The Morgan fingerprint density at radius 2 is 2.05 bits per heavy atom. The predicted octanol–water partition coefficient (Wildman–Crippen LogP) is 2.02. The summed E-state index contributed by atoms with van der Waals surface area (Å²) in [5, 5.41) is 18.7. The number of urea groups is 1. The van der Waals surface area contributed by atoms with Gasteiger partial charge >= 0.3 is 12.2 Å². The van der Waals surface area contributed by atoms with Crippen LogP contribution in [0.1, 0.15) is 29.7 Å². The Balaban J connectivity index is 1.98. The van der Waals surface area contributed by atoms with Gasteiger partial charge in [0, 0.05) is 26.1 Å². The van der Waals surface area contributed by atoms with Gasteiger partial charge in [0.1, 0.15) is 0 Å². The van der Waals surface area contributed by atoms with Gasteiger partial charge in [0.25, 0.3) is 0 Å². The van der Waals surface area contributed by atoms with Gasteiger partial charge in [-0.25, -0.2) is 9.78 Å². The quantitative estimate of drug-likeness (QED) is 0.805. The van der Waals surface area contributed by atoms with Crippen molar-refractivity contribution in [1.82, 2.24) is 9.88 Å². The lowest BCUT2D eigenvalue weighted by Crippen LogP contribution is -2.32. The highest BCUT2D eigenvalue weighted by Gasteiger charge is 2.33. The third-order valence-electron chi connectivity index (χ3n) is 3.27. The summed E-state index contributed by atoms with van der Waals surface area (Å²) < 4.78 is 36.4. The molecule has 10 heteroatoms. The smallest absolute Gasteiger partial charge is 0.364 e. The number of carbonyl (C=O) groups is 1. The van der Waals surface area contributed by atoms with E-state index in [1.54, 1.807) is 6.92 Å². The first kappa shape index (κ1) is 17.0. The van der Waals surface area contributed by atoms with E-state index in [9.17, 15) is 28.2 Å². The summed E-state index contributed by atoms with van der Waals surface area (Å²) in [7, 11) is 0. The predicted molar refractivity (Wildman–Crippen MR) is 73.6 cm³/mol. The van der Waals surface area contributed by atoms with E-state index >= 15 is 0 Å². The zero-order valence-corrected chi connectivity index (χ0v) is 12.6. The first-order valence-electron chi connectivity index (χ1n) is 6.65. The molecule has 22 heavy (non-hydrogen) atoms. The van der Waals surface area contributed by atoms with Crippen molar-refractivity contribution in [1.29, 1.82) is 0 Å². The van der Waals surface area contributed by atoms with Crippen LogP contribution in [0.5, 0.6) is 0 Å². The number of rotatable bonds is 5. The van der Waals surface area contributed by atoms with Crippen molar-refractivity contribution in [2.45, 2.75) is 32.2 Å². The van der Waals surface area contributed by atoms with Crippen molar-refractivity contribution in [2.24, 2.45) is 0 Å². The molecule has 2 N–H and O–H groups in total. The zero-order chi connectivity index (χ0) is 16.5. The van der Waals surface area contributed by atoms with E-state index < -0.39 is 24.9 Å².